The van der Waals surface area contributed by atoms with E-state index < -0.39 is 0 Å². The molecular formula is C13H9FN2. The fourth-order valence-electron chi connectivity index (χ4n) is 1.61. The van der Waals surface area contributed by atoms with Crippen LogP contribution < -0.4 is 0 Å². The monoisotopic (exact) mass is 212 g/mol. The van der Waals surface area contributed by atoms with E-state index in [-0.39, 0.29) is 5.82 Å². The molecule has 2 rings (SSSR count). The third-order valence-corrected chi connectivity index (χ3v) is 2.40. The van der Waals surface area contributed by atoms with Crippen molar-refractivity contribution in [1.82, 2.24) is 4.98 Å². The van der Waals surface area contributed by atoms with E-state index in [0.29, 0.717) is 11.1 Å². The van der Waals surface area contributed by atoms with Gasteiger partial charge in [0.1, 0.15) is 5.82 Å². The molecule has 16 heavy (non-hydrogen) atoms. The van der Waals surface area contributed by atoms with Crippen molar-refractivity contribution < 1.29 is 4.39 Å². The summed E-state index contributed by atoms with van der Waals surface area (Å²) in [6, 6.07) is 9.79. The van der Waals surface area contributed by atoms with Crippen LogP contribution in [0.15, 0.2) is 36.5 Å². The van der Waals surface area contributed by atoms with Crippen molar-refractivity contribution >= 4 is 0 Å². The fraction of sp³-hybridized carbons (Fsp3) is 0.0769. The van der Waals surface area contributed by atoms with Crippen LogP contribution in [0.1, 0.15) is 11.3 Å². The Hall–Kier alpha value is -2.21. The highest BCUT2D eigenvalue weighted by molar-refractivity contribution is 5.72. The van der Waals surface area contributed by atoms with Gasteiger partial charge in [-0.3, -0.25) is 4.98 Å². The summed E-state index contributed by atoms with van der Waals surface area (Å²) in [4.78, 5) is 4.13. The van der Waals surface area contributed by atoms with Gasteiger partial charge in [0, 0.05) is 23.0 Å². The zero-order valence-corrected chi connectivity index (χ0v) is 8.74. The fourth-order valence-corrected chi connectivity index (χ4v) is 1.61. The standard InChI is InChI=1S/C13H9FN2/c1-9-12(3-2-6-16-9)13-7-11(14)5-4-10(13)8-15/h2-7H,1H3. The highest BCUT2D eigenvalue weighted by Crippen LogP contribution is 2.25. The molecule has 0 spiro atoms. The van der Waals surface area contributed by atoms with Crippen LogP contribution in [0, 0.1) is 24.1 Å². The highest BCUT2D eigenvalue weighted by atomic mass is 19.1. The third-order valence-electron chi connectivity index (χ3n) is 2.40. The third kappa shape index (κ3) is 1.78. The van der Waals surface area contributed by atoms with Crippen LogP contribution in [0.5, 0.6) is 0 Å². The predicted octanol–water partition coefficient (Wildman–Crippen LogP) is 3.07. The Morgan fingerprint density at radius 3 is 2.75 bits per heavy atom. The molecule has 0 amide bonds. The first-order chi connectivity index (χ1) is 7.72. The maximum Gasteiger partial charge on any atom is 0.123 e. The average molecular weight is 212 g/mol. The van der Waals surface area contributed by atoms with Gasteiger partial charge in [0.05, 0.1) is 11.6 Å². The van der Waals surface area contributed by atoms with Crippen molar-refractivity contribution in [2.45, 2.75) is 6.92 Å². The van der Waals surface area contributed by atoms with E-state index in [0.717, 1.165) is 11.3 Å². The number of hydrogen-bond acceptors (Lipinski definition) is 2. The maximum absolute atomic E-state index is 13.2. The Morgan fingerprint density at radius 1 is 1.25 bits per heavy atom. The Bertz CT molecular complexity index is 570. The molecule has 0 unspecified atom stereocenters. The molecule has 0 fully saturated rings. The molecule has 1 heterocycles. The SMILES string of the molecule is Cc1ncccc1-c1cc(F)ccc1C#N. The van der Waals surface area contributed by atoms with E-state index in [9.17, 15) is 4.39 Å². The molecule has 2 nitrogen and oxygen atoms in total. The number of nitriles is 1. The van der Waals surface area contributed by atoms with Gasteiger partial charge >= 0.3 is 0 Å². The molecule has 0 aliphatic heterocycles. The lowest BCUT2D eigenvalue weighted by molar-refractivity contribution is 0.628. The lowest BCUT2D eigenvalue weighted by Gasteiger charge is -2.06. The van der Waals surface area contributed by atoms with Crippen molar-refractivity contribution in [3.63, 3.8) is 0 Å². The normalized spacial score (nSPS) is 9.81. The largest absolute Gasteiger partial charge is 0.261 e. The Labute approximate surface area is 93.0 Å². The number of hydrogen-bond donors (Lipinski definition) is 0. The smallest absolute Gasteiger partial charge is 0.123 e. The van der Waals surface area contributed by atoms with E-state index in [1.807, 2.05) is 13.0 Å². The van der Waals surface area contributed by atoms with Crippen molar-refractivity contribution in [3.8, 4) is 17.2 Å². The van der Waals surface area contributed by atoms with Gasteiger partial charge in [0.25, 0.3) is 0 Å². The van der Waals surface area contributed by atoms with Crippen LogP contribution in [0.3, 0.4) is 0 Å². The average Bonchev–Trinajstić information content (AvgIpc) is 2.29. The number of benzene rings is 1. The molecule has 0 aliphatic rings. The van der Waals surface area contributed by atoms with Gasteiger partial charge in [-0.15, -0.1) is 0 Å². The summed E-state index contributed by atoms with van der Waals surface area (Å²) in [7, 11) is 0. The molecule has 2 aromatic rings. The zero-order valence-electron chi connectivity index (χ0n) is 8.74. The number of halogens is 1. The van der Waals surface area contributed by atoms with E-state index in [1.165, 1.54) is 18.2 Å². The van der Waals surface area contributed by atoms with Crippen LogP contribution in [-0.4, -0.2) is 4.98 Å². The molecule has 1 aromatic carbocycles. The second kappa shape index (κ2) is 4.11. The van der Waals surface area contributed by atoms with Gasteiger partial charge in [-0.1, -0.05) is 6.07 Å². The van der Waals surface area contributed by atoms with Gasteiger partial charge in [0.2, 0.25) is 0 Å². The summed E-state index contributed by atoms with van der Waals surface area (Å²) in [6.07, 6.45) is 1.67. The summed E-state index contributed by atoms with van der Waals surface area (Å²) in [5, 5.41) is 8.97. The Kier molecular flexibility index (Phi) is 2.65. The first kappa shape index (κ1) is 10.3. The lowest BCUT2D eigenvalue weighted by atomic mass is 9.99. The summed E-state index contributed by atoms with van der Waals surface area (Å²) < 4.78 is 13.2. The minimum absolute atomic E-state index is 0.350. The molecule has 0 radical (unpaired) electrons. The molecule has 0 saturated carbocycles. The first-order valence-electron chi connectivity index (χ1n) is 4.84. The van der Waals surface area contributed by atoms with Crippen LogP contribution in [-0.2, 0) is 0 Å². The second-order valence-corrected chi connectivity index (χ2v) is 3.44. The van der Waals surface area contributed by atoms with E-state index >= 15 is 0 Å². The minimum atomic E-state index is -0.350. The molecule has 78 valence electrons. The van der Waals surface area contributed by atoms with Gasteiger partial charge in [0.15, 0.2) is 0 Å². The lowest BCUT2D eigenvalue weighted by Crippen LogP contribution is -1.91. The molecular weight excluding hydrogens is 203 g/mol. The summed E-state index contributed by atoms with van der Waals surface area (Å²) in [5.41, 5.74) is 2.62. The van der Waals surface area contributed by atoms with E-state index in [4.69, 9.17) is 5.26 Å². The number of rotatable bonds is 1. The second-order valence-electron chi connectivity index (χ2n) is 3.44. The molecule has 3 heteroatoms. The van der Waals surface area contributed by atoms with Gasteiger partial charge in [-0.05, 0) is 31.2 Å². The van der Waals surface area contributed by atoms with Crippen LogP contribution in [0.25, 0.3) is 11.1 Å². The quantitative estimate of drug-likeness (QED) is 0.728. The first-order valence-corrected chi connectivity index (χ1v) is 4.84. The molecule has 0 N–H and O–H groups in total. The van der Waals surface area contributed by atoms with Gasteiger partial charge < -0.3 is 0 Å². The van der Waals surface area contributed by atoms with Crippen molar-refractivity contribution in [2.24, 2.45) is 0 Å². The van der Waals surface area contributed by atoms with Crippen molar-refractivity contribution in [1.29, 1.82) is 5.26 Å². The Morgan fingerprint density at radius 2 is 2.06 bits per heavy atom. The van der Waals surface area contributed by atoms with E-state index in [1.54, 1.807) is 12.3 Å². The molecule has 0 aliphatic carbocycles. The van der Waals surface area contributed by atoms with Crippen LogP contribution in [0.2, 0.25) is 0 Å². The summed E-state index contributed by atoms with van der Waals surface area (Å²) in [6.45, 7) is 1.83. The Balaban J connectivity index is 2.69. The van der Waals surface area contributed by atoms with Crippen molar-refractivity contribution in [2.75, 3.05) is 0 Å². The predicted molar refractivity (Wildman–Crippen MR) is 59.1 cm³/mol. The summed E-state index contributed by atoms with van der Waals surface area (Å²) in [5.74, 6) is -0.350. The minimum Gasteiger partial charge on any atom is -0.261 e. The maximum atomic E-state index is 13.2. The number of nitrogens with zero attached hydrogens (tertiary/aromatic N) is 2. The number of aryl methyl sites for hydroxylation is 1. The number of aromatic nitrogens is 1. The molecule has 0 atom stereocenters. The zero-order chi connectivity index (χ0) is 11.5. The summed E-state index contributed by atoms with van der Waals surface area (Å²) >= 11 is 0. The molecule has 0 bridgehead atoms. The van der Waals surface area contributed by atoms with E-state index in [2.05, 4.69) is 11.1 Å². The van der Waals surface area contributed by atoms with Gasteiger partial charge in [-0.2, -0.15) is 5.26 Å². The van der Waals surface area contributed by atoms with Crippen LogP contribution in [0.4, 0.5) is 4.39 Å². The van der Waals surface area contributed by atoms with Crippen molar-refractivity contribution in [3.05, 3.63) is 53.6 Å². The molecule has 1 aromatic heterocycles. The highest BCUT2D eigenvalue weighted by Gasteiger charge is 2.08. The van der Waals surface area contributed by atoms with Crippen LogP contribution >= 0.6 is 0 Å². The molecule has 0 saturated heterocycles. The van der Waals surface area contributed by atoms with Gasteiger partial charge in [-0.25, -0.2) is 4.39 Å². The topological polar surface area (TPSA) is 36.7 Å². The number of pyridine rings is 1.